The highest BCUT2D eigenvalue weighted by molar-refractivity contribution is 6.35. The van der Waals surface area contributed by atoms with Crippen molar-refractivity contribution >= 4 is 51.6 Å². The number of anilines is 3. The van der Waals surface area contributed by atoms with Crippen LogP contribution in [0.5, 0.6) is 0 Å². The quantitative estimate of drug-likeness (QED) is 0.309. The summed E-state index contributed by atoms with van der Waals surface area (Å²) in [5.41, 5.74) is 0.333. The zero-order valence-corrected chi connectivity index (χ0v) is 20.5. The van der Waals surface area contributed by atoms with Gasteiger partial charge in [0.05, 0.1) is 33.5 Å². The molecule has 0 atom stereocenters. The second kappa shape index (κ2) is 10.6. The first-order valence-corrected chi connectivity index (χ1v) is 12.0. The molecule has 1 aliphatic heterocycles. The molecule has 4 aromatic rings. The summed E-state index contributed by atoms with van der Waals surface area (Å²) < 4.78 is 41.9. The summed E-state index contributed by atoms with van der Waals surface area (Å²) in [4.78, 5) is 36.8. The van der Waals surface area contributed by atoms with E-state index in [2.05, 4.69) is 30.8 Å². The molecule has 0 radical (unpaired) electrons. The molecule has 194 valence electrons. The highest BCUT2D eigenvalue weighted by atomic mass is 35.5. The fourth-order valence-corrected chi connectivity index (χ4v) is 4.28. The normalized spacial score (nSPS) is 13.4. The molecule has 38 heavy (non-hydrogen) atoms. The van der Waals surface area contributed by atoms with Gasteiger partial charge in [0.1, 0.15) is 5.82 Å². The van der Waals surface area contributed by atoms with Crippen LogP contribution in [0.15, 0.2) is 54.7 Å². The second-order valence-corrected chi connectivity index (χ2v) is 8.90. The lowest BCUT2D eigenvalue weighted by atomic mass is 10.0. The van der Waals surface area contributed by atoms with Gasteiger partial charge in [0.2, 0.25) is 0 Å². The Hall–Kier alpha value is -4.22. The van der Waals surface area contributed by atoms with Crippen molar-refractivity contribution in [1.82, 2.24) is 15.3 Å². The Labute approximate surface area is 219 Å². The summed E-state index contributed by atoms with van der Waals surface area (Å²) in [6, 6.07) is 8.90. The highest BCUT2D eigenvalue weighted by Gasteiger charge is 2.23. The monoisotopic (exact) mass is 540 g/mol. The minimum Gasteiger partial charge on any atom is -0.353 e. The fourth-order valence-electron chi connectivity index (χ4n) is 4.05. The maximum absolute atomic E-state index is 15.4. The number of fused-ring (bicyclic) bond motifs is 1. The first-order valence-electron chi connectivity index (χ1n) is 11.6. The number of rotatable bonds is 5. The molecule has 0 unspecified atom stereocenters. The average Bonchev–Trinajstić information content (AvgIpc) is 2.92. The van der Waals surface area contributed by atoms with Gasteiger partial charge in [-0.2, -0.15) is 0 Å². The van der Waals surface area contributed by atoms with E-state index in [9.17, 15) is 18.4 Å². The Morgan fingerprint density at radius 2 is 1.71 bits per heavy atom. The highest BCUT2D eigenvalue weighted by Crippen LogP contribution is 2.29. The number of carbonyl (C=O) groups is 2. The third-order valence-corrected chi connectivity index (χ3v) is 6.29. The molecule has 0 saturated carbocycles. The van der Waals surface area contributed by atoms with Crippen LogP contribution in [0.4, 0.5) is 35.2 Å². The number of halogens is 4. The maximum Gasteiger partial charge on any atom is 0.323 e. The number of amides is 2. The fraction of sp³-hybridized carbons (Fsp3) is 0.154. The molecule has 5 rings (SSSR count). The van der Waals surface area contributed by atoms with Crippen molar-refractivity contribution in [2.45, 2.75) is 0 Å². The number of nitrogens with zero attached hydrogens (tertiary/aromatic N) is 3. The summed E-state index contributed by atoms with van der Waals surface area (Å²) >= 11 is 6.18. The van der Waals surface area contributed by atoms with Gasteiger partial charge in [-0.25, -0.2) is 22.9 Å². The van der Waals surface area contributed by atoms with Crippen molar-refractivity contribution < 1.29 is 22.8 Å². The predicted molar refractivity (Wildman–Crippen MR) is 138 cm³/mol. The molecule has 8 nitrogen and oxygen atoms in total. The van der Waals surface area contributed by atoms with E-state index < -0.39 is 34.8 Å². The number of hydrogen-bond donors (Lipinski definition) is 3. The van der Waals surface area contributed by atoms with Crippen LogP contribution < -0.4 is 20.9 Å². The molecule has 1 aliphatic rings. The van der Waals surface area contributed by atoms with Crippen LogP contribution in [-0.2, 0) is 0 Å². The van der Waals surface area contributed by atoms with Crippen molar-refractivity contribution in [3.8, 4) is 0 Å². The minimum atomic E-state index is -1.16. The summed E-state index contributed by atoms with van der Waals surface area (Å²) in [5.74, 6) is -3.33. The van der Waals surface area contributed by atoms with Crippen LogP contribution in [0.1, 0.15) is 15.9 Å². The van der Waals surface area contributed by atoms with Gasteiger partial charge in [0.15, 0.2) is 23.2 Å². The number of hydrogen-bond acceptors (Lipinski definition) is 6. The van der Waals surface area contributed by atoms with E-state index >= 15 is 4.39 Å². The van der Waals surface area contributed by atoms with Gasteiger partial charge < -0.3 is 20.9 Å². The zero-order valence-electron chi connectivity index (χ0n) is 19.7. The first-order chi connectivity index (χ1) is 18.3. The zero-order chi connectivity index (χ0) is 26.8. The van der Waals surface area contributed by atoms with Crippen LogP contribution in [0, 0.1) is 17.5 Å². The maximum atomic E-state index is 15.4. The molecule has 1 fully saturated rings. The van der Waals surface area contributed by atoms with Crippen LogP contribution in [0.25, 0.3) is 11.0 Å². The summed E-state index contributed by atoms with van der Waals surface area (Å²) in [5, 5.41) is 7.64. The van der Waals surface area contributed by atoms with Gasteiger partial charge in [0, 0.05) is 43.5 Å². The standard InChI is InChI=1S/C26H20ClF3N6O2/c27-16-3-6-20(35-26(38)33-15-2-4-17(28)18(29)12-15)24(30)23(16)25(37)14-1-5-19-21(11-14)34-22(13-32-19)36-9-7-31-8-10-36/h1-6,11-13,31H,7-10H2,(H2,33,35,38). The van der Waals surface area contributed by atoms with E-state index in [1.807, 2.05) is 0 Å². The molecular weight excluding hydrogens is 521 g/mol. The van der Waals surface area contributed by atoms with E-state index in [-0.39, 0.29) is 22.0 Å². The Bertz CT molecular complexity index is 1560. The average molecular weight is 541 g/mol. The number of benzene rings is 3. The lowest BCUT2D eigenvalue weighted by Gasteiger charge is -2.28. The lowest BCUT2D eigenvalue weighted by Crippen LogP contribution is -2.43. The Balaban J connectivity index is 1.40. The summed E-state index contributed by atoms with van der Waals surface area (Å²) in [6.07, 6.45) is 1.67. The molecule has 0 spiro atoms. The molecule has 0 aliphatic carbocycles. The molecule has 1 aromatic heterocycles. The third kappa shape index (κ3) is 5.24. The number of piperazine rings is 1. The molecule has 3 aromatic carbocycles. The minimum absolute atomic E-state index is 0.0514. The topological polar surface area (TPSA) is 99.2 Å². The number of ketones is 1. The molecule has 0 bridgehead atoms. The lowest BCUT2D eigenvalue weighted by molar-refractivity contribution is 0.103. The Morgan fingerprint density at radius 3 is 2.47 bits per heavy atom. The number of urea groups is 1. The smallest absolute Gasteiger partial charge is 0.323 e. The van der Waals surface area contributed by atoms with Crippen LogP contribution in [0.2, 0.25) is 5.02 Å². The van der Waals surface area contributed by atoms with Crippen LogP contribution >= 0.6 is 11.6 Å². The van der Waals surface area contributed by atoms with Gasteiger partial charge in [-0.3, -0.25) is 9.78 Å². The summed E-state index contributed by atoms with van der Waals surface area (Å²) in [6.45, 7) is 3.17. The van der Waals surface area contributed by atoms with Crippen LogP contribution in [-0.4, -0.2) is 48.0 Å². The van der Waals surface area contributed by atoms with Crippen molar-refractivity contribution in [1.29, 1.82) is 0 Å². The van der Waals surface area contributed by atoms with Crippen molar-refractivity contribution in [3.05, 3.63) is 88.3 Å². The first kappa shape index (κ1) is 25.4. The van der Waals surface area contributed by atoms with Gasteiger partial charge >= 0.3 is 6.03 Å². The third-order valence-electron chi connectivity index (χ3n) is 5.98. The van der Waals surface area contributed by atoms with Crippen molar-refractivity contribution in [2.24, 2.45) is 0 Å². The second-order valence-electron chi connectivity index (χ2n) is 8.49. The molecule has 2 amide bonds. The van der Waals surface area contributed by atoms with Gasteiger partial charge in [-0.15, -0.1) is 0 Å². The van der Waals surface area contributed by atoms with E-state index in [0.29, 0.717) is 16.9 Å². The Morgan fingerprint density at radius 1 is 0.921 bits per heavy atom. The Kier molecular flexibility index (Phi) is 7.12. The van der Waals surface area contributed by atoms with Crippen LogP contribution in [0.3, 0.4) is 0 Å². The predicted octanol–water partition coefficient (Wildman–Crippen LogP) is 4.99. The number of carbonyl (C=O) groups excluding carboxylic acids is 2. The SMILES string of the molecule is O=C(Nc1ccc(F)c(F)c1)Nc1ccc(Cl)c(C(=O)c2ccc3ncc(N4CCNCC4)nc3c2)c1F. The van der Waals surface area contributed by atoms with Gasteiger partial charge in [-0.05, 0) is 42.5 Å². The number of aromatic nitrogens is 2. The van der Waals surface area contributed by atoms with Crippen molar-refractivity contribution in [2.75, 3.05) is 41.7 Å². The van der Waals surface area contributed by atoms with E-state index in [4.69, 9.17) is 11.6 Å². The molecule has 1 saturated heterocycles. The van der Waals surface area contributed by atoms with Crippen molar-refractivity contribution in [3.63, 3.8) is 0 Å². The molecule has 12 heteroatoms. The summed E-state index contributed by atoms with van der Waals surface area (Å²) in [7, 11) is 0. The molecule has 3 N–H and O–H groups in total. The largest absolute Gasteiger partial charge is 0.353 e. The van der Waals surface area contributed by atoms with E-state index in [1.165, 1.54) is 24.3 Å². The van der Waals surface area contributed by atoms with E-state index in [1.54, 1.807) is 12.3 Å². The molecular formula is C26H20ClF3N6O2. The van der Waals surface area contributed by atoms with Gasteiger partial charge in [0.25, 0.3) is 0 Å². The van der Waals surface area contributed by atoms with E-state index in [0.717, 1.165) is 44.4 Å². The van der Waals surface area contributed by atoms with Gasteiger partial charge in [-0.1, -0.05) is 11.6 Å². The molecule has 2 heterocycles. The number of nitrogens with one attached hydrogen (secondary N) is 3.